The molecule has 0 aromatic carbocycles. The van der Waals surface area contributed by atoms with E-state index in [2.05, 4.69) is 43.9 Å². The fourth-order valence-corrected chi connectivity index (χ4v) is 4.15. The van der Waals surface area contributed by atoms with Crippen molar-refractivity contribution in [3.63, 3.8) is 0 Å². The van der Waals surface area contributed by atoms with Crippen LogP contribution in [0.5, 0.6) is 0 Å². The Labute approximate surface area is 124 Å². The lowest BCUT2D eigenvalue weighted by Gasteiger charge is -2.51. The molecule has 2 saturated carbocycles. The van der Waals surface area contributed by atoms with Crippen molar-refractivity contribution in [2.24, 2.45) is 11.8 Å². The van der Waals surface area contributed by atoms with Gasteiger partial charge in [0.25, 0.3) is 0 Å². The van der Waals surface area contributed by atoms with Crippen molar-refractivity contribution in [2.45, 2.75) is 63.5 Å². The van der Waals surface area contributed by atoms with Crippen LogP contribution in [0, 0.1) is 23.2 Å². The first-order chi connectivity index (χ1) is 9.52. The third-order valence-electron chi connectivity index (χ3n) is 6.01. The molecule has 3 atom stereocenters. The van der Waals surface area contributed by atoms with E-state index in [1.165, 1.54) is 38.5 Å². The summed E-state index contributed by atoms with van der Waals surface area (Å²) < 4.78 is 0. The van der Waals surface area contributed by atoms with E-state index in [9.17, 15) is 5.26 Å². The summed E-state index contributed by atoms with van der Waals surface area (Å²) in [4.78, 5) is 4.92. The fourth-order valence-electron chi connectivity index (χ4n) is 4.15. The molecule has 2 aliphatic rings. The molecule has 0 bridgehead atoms. The van der Waals surface area contributed by atoms with Gasteiger partial charge in [0.1, 0.15) is 0 Å². The van der Waals surface area contributed by atoms with Crippen molar-refractivity contribution in [1.82, 2.24) is 9.80 Å². The van der Waals surface area contributed by atoms with E-state index in [0.717, 1.165) is 18.9 Å². The number of hydrogen-bond donors (Lipinski definition) is 0. The summed E-state index contributed by atoms with van der Waals surface area (Å²) in [7, 11) is 6.67. The Morgan fingerprint density at radius 3 is 2.35 bits per heavy atom. The van der Waals surface area contributed by atoms with Crippen molar-refractivity contribution in [1.29, 1.82) is 5.26 Å². The van der Waals surface area contributed by atoms with Crippen molar-refractivity contribution in [3.8, 4) is 6.07 Å². The van der Waals surface area contributed by atoms with Gasteiger partial charge in [0.05, 0.1) is 12.0 Å². The standard InChI is InChI=1S/C17H31N3/c1-5-14-7-8-15(12-18)16(11-14)20(4)13-17(19(2)3)9-6-10-17/h14-16H,5-11,13H2,1-4H3. The molecule has 0 aliphatic heterocycles. The van der Waals surface area contributed by atoms with E-state index in [1.807, 2.05) is 0 Å². The van der Waals surface area contributed by atoms with Crippen LogP contribution in [0.2, 0.25) is 0 Å². The Hall–Kier alpha value is -0.590. The number of hydrogen-bond acceptors (Lipinski definition) is 3. The number of nitrogens with zero attached hydrogens (tertiary/aromatic N) is 3. The molecule has 0 aromatic heterocycles. The summed E-state index contributed by atoms with van der Waals surface area (Å²) in [5.74, 6) is 1.06. The molecule has 0 saturated heterocycles. The zero-order chi connectivity index (χ0) is 14.8. The molecular formula is C17H31N3. The average molecular weight is 277 g/mol. The predicted molar refractivity (Wildman–Crippen MR) is 83.4 cm³/mol. The Bertz CT molecular complexity index is 354. The highest BCUT2D eigenvalue weighted by atomic mass is 15.2. The van der Waals surface area contributed by atoms with Crippen molar-refractivity contribution in [3.05, 3.63) is 0 Å². The second-order valence-electron chi connectivity index (χ2n) is 7.28. The highest BCUT2D eigenvalue weighted by molar-refractivity contribution is 5.02. The van der Waals surface area contributed by atoms with E-state index in [0.29, 0.717) is 11.6 Å². The van der Waals surface area contributed by atoms with Crippen LogP contribution in [0.1, 0.15) is 51.9 Å². The summed E-state index contributed by atoms with van der Waals surface area (Å²) in [6.45, 7) is 3.42. The minimum atomic E-state index is 0.238. The third-order valence-corrected chi connectivity index (χ3v) is 6.01. The van der Waals surface area contributed by atoms with Gasteiger partial charge in [-0.05, 0) is 65.6 Å². The molecule has 2 fully saturated rings. The topological polar surface area (TPSA) is 30.3 Å². The molecule has 3 unspecified atom stereocenters. The molecule has 3 nitrogen and oxygen atoms in total. The van der Waals surface area contributed by atoms with Crippen molar-refractivity contribution >= 4 is 0 Å². The fraction of sp³-hybridized carbons (Fsp3) is 0.941. The van der Waals surface area contributed by atoms with Gasteiger partial charge in [0.15, 0.2) is 0 Å². The van der Waals surface area contributed by atoms with Gasteiger partial charge in [-0.2, -0.15) is 5.26 Å². The van der Waals surface area contributed by atoms with Crippen LogP contribution in [0.15, 0.2) is 0 Å². The maximum absolute atomic E-state index is 9.46. The molecule has 2 aliphatic carbocycles. The first-order valence-corrected chi connectivity index (χ1v) is 8.29. The largest absolute Gasteiger partial charge is 0.302 e. The monoisotopic (exact) mass is 277 g/mol. The van der Waals surface area contributed by atoms with E-state index < -0.39 is 0 Å². The van der Waals surface area contributed by atoms with Crippen LogP contribution in [0.3, 0.4) is 0 Å². The average Bonchev–Trinajstić information content (AvgIpc) is 2.41. The minimum Gasteiger partial charge on any atom is -0.302 e. The van der Waals surface area contributed by atoms with E-state index in [4.69, 9.17) is 0 Å². The summed E-state index contributed by atoms with van der Waals surface area (Å²) in [6, 6.07) is 3.04. The van der Waals surface area contributed by atoms with Crippen LogP contribution in [0.4, 0.5) is 0 Å². The Morgan fingerprint density at radius 2 is 1.90 bits per heavy atom. The summed E-state index contributed by atoms with van der Waals surface area (Å²) in [6.07, 6.45) is 8.81. The lowest BCUT2D eigenvalue weighted by Crippen LogP contribution is -2.59. The molecule has 114 valence electrons. The predicted octanol–water partition coefficient (Wildman–Crippen LogP) is 3.12. The number of rotatable bonds is 5. The van der Waals surface area contributed by atoms with E-state index in [1.54, 1.807) is 0 Å². The highest BCUT2D eigenvalue weighted by Crippen LogP contribution is 2.39. The molecule has 3 heteroatoms. The first-order valence-electron chi connectivity index (χ1n) is 8.29. The van der Waals surface area contributed by atoms with E-state index >= 15 is 0 Å². The zero-order valence-corrected chi connectivity index (χ0v) is 13.7. The number of likely N-dealkylation sites (N-methyl/N-ethyl adjacent to an activating group) is 2. The van der Waals surface area contributed by atoms with Crippen LogP contribution < -0.4 is 0 Å². The maximum Gasteiger partial charge on any atom is 0.0672 e. The molecule has 0 N–H and O–H groups in total. The second-order valence-corrected chi connectivity index (χ2v) is 7.28. The van der Waals surface area contributed by atoms with Crippen molar-refractivity contribution in [2.75, 3.05) is 27.7 Å². The smallest absolute Gasteiger partial charge is 0.0672 e. The number of nitriles is 1. The quantitative estimate of drug-likeness (QED) is 0.773. The van der Waals surface area contributed by atoms with Gasteiger partial charge < -0.3 is 9.80 Å². The molecular weight excluding hydrogens is 246 g/mol. The molecule has 0 aromatic rings. The minimum absolute atomic E-state index is 0.238. The summed E-state index contributed by atoms with van der Waals surface area (Å²) in [5.41, 5.74) is 0.369. The Kier molecular flexibility index (Phi) is 5.09. The van der Waals surface area contributed by atoms with Gasteiger partial charge in [-0.25, -0.2) is 0 Å². The summed E-state index contributed by atoms with van der Waals surface area (Å²) >= 11 is 0. The van der Waals surface area contributed by atoms with Crippen LogP contribution in [0.25, 0.3) is 0 Å². The maximum atomic E-state index is 9.46. The van der Waals surface area contributed by atoms with Gasteiger partial charge in [-0.3, -0.25) is 0 Å². The lowest BCUT2D eigenvalue weighted by atomic mass is 9.73. The van der Waals surface area contributed by atoms with Gasteiger partial charge in [0, 0.05) is 18.1 Å². The molecule has 0 amide bonds. The molecule has 0 radical (unpaired) electrons. The van der Waals surface area contributed by atoms with Gasteiger partial charge in [0.2, 0.25) is 0 Å². The molecule has 0 spiro atoms. The van der Waals surface area contributed by atoms with Gasteiger partial charge in [-0.1, -0.05) is 13.3 Å². The van der Waals surface area contributed by atoms with Crippen LogP contribution in [-0.4, -0.2) is 49.1 Å². The summed E-state index contributed by atoms with van der Waals surface area (Å²) in [5, 5.41) is 9.46. The highest BCUT2D eigenvalue weighted by Gasteiger charge is 2.42. The normalized spacial score (nSPS) is 33.0. The Balaban J connectivity index is 2.02. The molecule has 2 rings (SSSR count). The second kappa shape index (κ2) is 6.45. The van der Waals surface area contributed by atoms with E-state index in [-0.39, 0.29) is 5.92 Å². The van der Waals surface area contributed by atoms with Gasteiger partial charge >= 0.3 is 0 Å². The van der Waals surface area contributed by atoms with Crippen LogP contribution in [-0.2, 0) is 0 Å². The van der Waals surface area contributed by atoms with Gasteiger partial charge in [-0.15, -0.1) is 0 Å². The molecule has 20 heavy (non-hydrogen) atoms. The zero-order valence-electron chi connectivity index (χ0n) is 13.7. The first kappa shape index (κ1) is 15.8. The Morgan fingerprint density at radius 1 is 1.20 bits per heavy atom. The SMILES string of the molecule is CCC1CCC(C#N)C(N(C)CC2(N(C)C)CCC2)C1. The van der Waals surface area contributed by atoms with Crippen LogP contribution >= 0.6 is 0 Å². The lowest BCUT2D eigenvalue weighted by molar-refractivity contribution is 0.000733. The third kappa shape index (κ3) is 3.02. The molecule has 0 heterocycles. The van der Waals surface area contributed by atoms with Crippen molar-refractivity contribution < 1.29 is 0 Å².